The zero-order valence-corrected chi connectivity index (χ0v) is 21.3. The molecule has 0 saturated carbocycles. The third-order valence-corrected chi connectivity index (χ3v) is 9.22. The summed E-state index contributed by atoms with van der Waals surface area (Å²) in [6, 6.07) is 14.9. The molecule has 12 heteroatoms. The number of piperazine rings is 1. The van der Waals surface area contributed by atoms with E-state index < -0.39 is 14.9 Å². The van der Waals surface area contributed by atoms with E-state index in [9.17, 15) is 23.3 Å². The van der Waals surface area contributed by atoms with Crippen molar-refractivity contribution in [2.24, 2.45) is 0 Å². The molecule has 0 atom stereocenters. The van der Waals surface area contributed by atoms with Gasteiger partial charge in [-0.1, -0.05) is 23.8 Å². The van der Waals surface area contributed by atoms with Crippen LogP contribution in [0.3, 0.4) is 0 Å². The fourth-order valence-corrected chi connectivity index (χ4v) is 6.82. The van der Waals surface area contributed by atoms with E-state index >= 15 is 0 Å². The van der Waals surface area contributed by atoms with Crippen LogP contribution in [0.15, 0.2) is 59.5 Å². The quantitative estimate of drug-likeness (QED) is 0.289. The van der Waals surface area contributed by atoms with Gasteiger partial charge in [0, 0.05) is 43.7 Å². The third kappa shape index (κ3) is 4.27. The Hall–Kier alpha value is -3.61. The molecule has 10 nitrogen and oxygen atoms in total. The first-order valence-corrected chi connectivity index (χ1v) is 13.5. The third-order valence-electron chi connectivity index (χ3n) is 6.23. The van der Waals surface area contributed by atoms with E-state index in [4.69, 9.17) is 0 Å². The van der Waals surface area contributed by atoms with E-state index in [1.807, 2.05) is 48.9 Å². The SMILES string of the molecule is Cc1ccc(-n2nc(C)c3cc(C(=O)N4CCN(S(=O)(=O)c5cccc([N+](=O)[O-])c5)CC4)sc32)cc1. The Morgan fingerprint density at radius 2 is 1.72 bits per heavy atom. The summed E-state index contributed by atoms with van der Waals surface area (Å²) in [5.74, 6) is -0.154. The Morgan fingerprint density at radius 3 is 2.39 bits per heavy atom. The highest BCUT2D eigenvalue weighted by atomic mass is 32.2. The van der Waals surface area contributed by atoms with E-state index in [-0.39, 0.29) is 42.7 Å². The number of fused-ring (bicyclic) bond motifs is 1. The molecule has 0 N–H and O–H groups in total. The summed E-state index contributed by atoms with van der Waals surface area (Å²) < 4.78 is 29.1. The van der Waals surface area contributed by atoms with Crippen molar-refractivity contribution in [2.75, 3.05) is 26.2 Å². The van der Waals surface area contributed by atoms with Gasteiger partial charge in [-0.25, -0.2) is 13.1 Å². The minimum Gasteiger partial charge on any atom is -0.335 e. The van der Waals surface area contributed by atoms with Crippen LogP contribution in [0, 0.1) is 24.0 Å². The second-order valence-corrected chi connectivity index (χ2v) is 11.6. The highest BCUT2D eigenvalue weighted by Gasteiger charge is 2.32. The van der Waals surface area contributed by atoms with Gasteiger partial charge < -0.3 is 4.90 Å². The van der Waals surface area contributed by atoms with Crippen molar-refractivity contribution in [2.45, 2.75) is 18.7 Å². The van der Waals surface area contributed by atoms with Crippen molar-refractivity contribution in [1.29, 1.82) is 0 Å². The summed E-state index contributed by atoms with van der Waals surface area (Å²) in [5, 5.41) is 16.6. The molecule has 0 bridgehead atoms. The van der Waals surface area contributed by atoms with Crippen molar-refractivity contribution in [3.05, 3.63) is 80.8 Å². The number of hydrogen-bond donors (Lipinski definition) is 0. The van der Waals surface area contributed by atoms with Crippen molar-refractivity contribution in [3.63, 3.8) is 0 Å². The van der Waals surface area contributed by atoms with Crippen LogP contribution in [0.2, 0.25) is 0 Å². The second kappa shape index (κ2) is 9.12. The maximum Gasteiger partial charge on any atom is 0.270 e. The molecule has 0 aliphatic carbocycles. The van der Waals surface area contributed by atoms with Crippen molar-refractivity contribution < 1.29 is 18.1 Å². The van der Waals surface area contributed by atoms with Crippen LogP contribution in [0.1, 0.15) is 20.9 Å². The monoisotopic (exact) mass is 525 g/mol. The van der Waals surface area contributed by atoms with E-state index in [1.165, 1.54) is 33.8 Å². The molecule has 1 fully saturated rings. The number of nitro benzene ring substituents is 1. The zero-order valence-electron chi connectivity index (χ0n) is 19.6. The number of carbonyl (C=O) groups excluding carboxylic acids is 1. The molecular weight excluding hydrogens is 502 g/mol. The van der Waals surface area contributed by atoms with Crippen molar-refractivity contribution in [3.8, 4) is 5.69 Å². The van der Waals surface area contributed by atoms with E-state index in [2.05, 4.69) is 5.10 Å². The fraction of sp³-hybridized carbons (Fsp3) is 0.250. The number of carbonyl (C=O) groups is 1. The number of aryl methyl sites for hydroxylation is 2. The predicted molar refractivity (Wildman–Crippen MR) is 136 cm³/mol. The van der Waals surface area contributed by atoms with Gasteiger partial charge in [-0.15, -0.1) is 11.3 Å². The Balaban J connectivity index is 1.33. The summed E-state index contributed by atoms with van der Waals surface area (Å²) in [6.45, 7) is 4.60. The summed E-state index contributed by atoms with van der Waals surface area (Å²) in [5.41, 5.74) is 2.61. The fourth-order valence-electron chi connectivity index (χ4n) is 4.21. The van der Waals surface area contributed by atoms with Crippen LogP contribution in [0.4, 0.5) is 5.69 Å². The van der Waals surface area contributed by atoms with Gasteiger partial charge in [0.05, 0.1) is 26.1 Å². The van der Waals surface area contributed by atoms with Crippen LogP contribution in [0.5, 0.6) is 0 Å². The molecule has 2 aromatic heterocycles. The van der Waals surface area contributed by atoms with Crippen LogP contribution >= 0.6 is 11.3 Å². The first kappa shape index (κ1) is 24.1. The molecule has 186 valence electrons. The highest BCUT2D eigenvalue weighted by molar-refractivity contribution is 7.89. The van der Waals surface area contributed by atoms with Crippen LogP contribution in [-0.4, -0.2) is 64.4 Å². The smallest absolute Gasteiger partial charge is 0.270 e. The predicted octanol–water partition coefficient (Wildman–Crippen LogP) is 3.76. The number of aromatic nitrogens is 2. The number of nitrogens with zero attached hydrogens (tertiary/aromatic N) is 5. The summed E-state index contributed by atoms with van der Waals surface area (Å²) in [6.07, 6.45) is 0. The number of sulfonamides is 1. The van der Waals surface area contributed by atoms with Gasteiger partial charge >= 0.3 is 0 Å². The van der Waals surface area contributed by atoms with E-state index in [0.717, 1.165) is 33.2 Å². The first-order valence-electron chi connectivity index (χ1n) is 11.3. The maximum absolute atomic E-state index is 13.3. The molecule has 2 aromatic carbocycles. The Labute approximate surface area is 211 Å². The molecule has 1 saturated heterocycles. The molecule has 5 rings (SSSR count). The molecule has 1 amide bonds. The lowest BCUT2D eigenvalue weighted by Gasteiger charge is -2.33. The molecule has 0 spiro atoms. The number of amides is 1. The topological polar surface area (TPSA) is 119 Å². The number of thiophene rings is 1. The molecule has 4 aromatic rings. The molecule has 1 aliphatic rings. The van der Waals surface area contributed by atoms with Crippen LogP contribution in [0.25, 0.3) is 15.9 Å². The Morgan fingerprint density at radius 1 is 1.03 bits per heavy atom. The molecular formula is C24H23N5O5S2. The van der Waals surface area contributed by atoms with E-state index in [1.54, 1.807) is 4.90 Å². The zero-order chi connectivity index (χ0) is 25.6. The van der Waals surface area contributed by atoms with Crippen LogP contribution in [-0.2, 0) is 10.0 Å². The largest absolute Gasteiger partial charge is 0.335 e. The lowest BCUT2D eigenvalue weighted by molar-refractivity contribution is -0.385. The van der Waals surface area contributed by atoms with Gasteiger partial charge in [0.1, 0.15) is 4.83 Å². The highest BCUT2D eigenvalue weighted by Crippen LogP contribution is 2.32. The molecule has 0 unspecified atom stereocenters. The number of rotatable bonds is 5. The number of nitro groups is 1. The second-order valence-electron chi connectivity index (χ2n) is 8.61. The number of benzene rings is 2. The maximum atomic E-state index is 13.3. The minimum atomic E-state index is -3.91. The van der Waals surface area contributed by atoms with Crippen LogP contribution < -0.4 is 0 Å². The summed E-state index contributed by atoms with van der Waals surface area (Å²) in [7, 11) is -3.91. The lowest BCUT2D eigenvalue weighted by atomic mass is 10.2. The molecule has 3 heterocycles. The Kier molecular flexibility index (Phi) is 6.10. The summed E-state index contributed by atoms with van der Waals surface area (Å²) in [4.78, 5) is 26.7. The average molecular weight is 526 g/mol. The molecule has 0 radical (unpaired) electrons. The summed E-state index contributed by atoms with van der Waals surface area (Å²) >= 11 is 1.37. The standard InChI is InChI=1S/C24H23N5O5S2/c1-16-6-8-18(9-7-16)28-24-21(17(2)25-28)15-22(35-24)23(30)26-10-12-27(13-11-26)36(33,34)20-5-3-4-19(14-20)29(31)32/h3-9,14-15H,10-13H2,1-2H3. The van der Waals surface area contributed by atoms with Gasteiger partial charge in [-0.05, 0) is 38.1 Å². The van der Waals surface area contributed by atoms with Gasteiger partial charge in [0.15, 0.2) is 0 Å². The van der Waals surface area contributed by atoms with E-state index in [0.29, 0.717) is 4.88 Å². The van der Waals surface area contributed by atoms with Crippen molar-refractivity contribution in [1.82, 2.24) is 19.0 Å². The Bertz CT molecular complexity index is 1580. The van der Waals surface area contributed by atoms with Crippen molar-refractivity contribution >= 4 is 43.2 Å². The minimum absolute atomic E-state index is 0.109. The lowest BCUT2D eigenvalue weighted by Crippen LogP contribution is -2.50. The van der Waals surface area contributed by atoms with Gasteiger partial charge in [-0.2, -0.15) is 9.40 Å². The van der Waals surface area contributed by atoms with Gasteiger partial charge in [-0.3, -0.25) is 14.9 Å². The normalized spacial score (nSPS) is 14.9. The average Bonchev–Trinajstić information content (AvgIpc) is 3.45. The molecule has 36 heavy (non-hydrogen) atoms. The number of non-ortho nitro benzene ring substituents is 1. The molecule has 1 aliphatic heterocycles. The van der Waals surface area contributed by atoms with Gasteiger partial charge in [0.25, 0.3) is 11.6 Å². The van der Waals surface area contributed by atoms with Gasteiger partial charge in [0.2, 0.25) is 10.0 Å². The number of hydrogen-bond acceptors (Lipinski definition) is 7. The first-order chi connectivity index (χ1) is 17.1.